The van der Waals surface area contributed by atoms with Crippen LogP contribution in [0.3, 0.4) is 0 Å². The largest absolute Gasteiger partial charge is 0.350 e. The number of nitrogens with zero attached hydrogens (tertiary/aromatic N) is 1. The van der Waals surface area contributed by atoms with Gasteiger partial charge in [0, 0.05) is 30.5 Å². The van der Waals surface area contributed by atoms with Crippen LogP contribution in [0, 0.1) is 12.8 Å². The zero-order valence-electron chi connectivity index (χ0n) is 12.5. The van der Waals surface area contributed by atoms with Crippen molar-refractivity contribution in [3.8, 4) is 0 Å². The molecule has 0 atom stereocenters. The SMILES string of the molecule is Cc1ccc(Cn2ccc(CNCC(C)C)c2)c(Cl)c1. The maximum Gasteiger partial charge on any atom is 0.0485 e. The van der Waals surface area contributed by atoms with Gasteiger partial charge >= 0.3 is 0 Å². The molecular weight excluding hydrogens is 268 g/mol. The van der Waals surface area contributed by atoms with E-state index >= 15 is 0 Å². The van der Waals surface area contributed by atoms with Gasteiger partial charge in [0.1, 0.15) is 0 Å². The summed E-state index contributed by atoms with van der Waals surface area (Å²) in [6.07, 6.45) is 4.30. The monoisotopic (exact) mass is 290 g/mol. The first-order chi connectivity index (χ1) is 9.54. The Bertz CT molecular complexity index is 558. The lowest BCUT2D eigenvalue weighted by molar-refractivity contribution is 0.552. The molecule has 0 spiro atoms. The number of aryl methyl sites for hydroxylation is 1. The highest BCUT2D eigenvalue weighted by Crippen LogP contribution is 2.19. The normalized spacial score (nSPS) is 11.2. The zero-order valence-corrected chi connectivity index (χ0v) is 13.2. The molecule has 20 heavy (non-hydrogen) atoms. The number of aromatic nitrogens is 1. The summed E-state index contributed by atoms with van der Waals surface area (Å²) in [5, 5.41) is 4.30. The fourth-order valence-corrected chi connectivity index (χ4v) is 2.47. The summed E-state index contributed by atoms with van der Waals surface area (Å²) in [5.74, 6) is 0.684. The first-order valence-corrected chi connectivity index (χ1v) is 7.53. The molecule has 0 saturated carbocycles. The molecule has 2 aromatic rings. The third-order valence-electron chi connectivity index (χ3n) is 3.25. The standard InChI is InChI=1S/C17H23ClN2/c1-13(2)9-19-10-15-6-7-20(11-15)12-16-5-4-14(3)8-17(16)18/h4-8,11,13,19H,9-10,12H2,1-3H3. The second-order valence-corrected chi connectivity index (χ2v) is 6.22. The van der Waals surface area contributed by atoms with Crippen molar-refractivity contribution < 1.29 is 0 Å². The molecule has 1 aromatic carbocycles. The van der Waals surface area contributed by atoms with Gasteiger partial charge in [-0.25, -0.2) is 0 Å². The van der Waals surface area contributed by atoms with Gasteiger partial charge in [-0.3, -0.25) is 0 Å². The molecule has 0 unspecified atom stereocenters. The Kier molecular flexibility index (Phi) is 5.27. The lowest BCUT2D eigenvalue weighted by Crippen LogP contribution is -2.18. The molecule has 0 radical (unpaired) electrons. The summed E-state index contributed by atoms with van der Waals surface area (Å²) in [4.78, 5) is 0. The lowest BCUT2D eigenvalue weighted by Gasteiger charge is -2.07. The Hall–Kier alpha value is -1.25. The fourth-order valence-electron chi connectivity index (χ4n) is 2.18. The average molecular weight is 291 g/mol. The van der Waals surface area contributed by atoms with Gasteiger partial charge in [-0.05, 0) is 48.2 Å². The molecule has 0 aliphatic heterocycles. The minimum Gasteiger partial charge on any atom is -0.350 e. The lowest BCUT2D eigenvalue weighted by atomic mass is 10.1. The third-order valence-corrected chi connectivity index (χ3v) is 3.61. The molecule has 0 bridgehead atoms. The summed E-state index contributed by atoms with van der Waals surface area (Å²) in [5.41, 5.74) is 3.67. The van der Waals surface area contributed by atoms with Gasteiger partial charge in [0.2, 0.25) is 0 Å². The molecule has 3 heteroatoms. The Morgan fingerprint density at radius 3 is 2.75 bits per heavy atom. The van der Waals surface area contributed by atoms with E-state index in [1.165, 1.54) is 11.1 Å². The van der Waals surface area contributed by atoms with Crippen LogP contribution in [0.2, 0.25) is 5.02 Å². The van der Waals surface area contributed by atoms with E-state index in [0.717, 1.165) is 30.2 Å². The van der Waals surface area contributed by atoms with Crippen LogP contribution in [0.4, 0.5) is 0 Å². The molecule has 0 aliphatic rings. The van der Waals surface area contributed by atoms with Crippen LogP contribution in [0.1, 0.15) is 30.5 Å². The molecule has 0 amide bonds. The average Bonchev–Trinajstić information content (AvgIpc) is 2.80. The van der Waals surface area contributed by atoms with E-state index in [9.17, 15) is 0 Å². The van der Waals surface area contributed by atoms with Crippen LogP contribution in [0.15, 0.2) is 36.7 Å². The Morgan fingerprint density at radius 2 is 2.05 bits per heavy atom. The predicted molar refractivity (Wildman–Crippen MR) is 86.3 cm³/mol. The maximum absolute atomic E-state index is 6.28. The van der Waals surface area contributed by atoms with Crippen molar-refractivity contribution in [1.82, 2.24) is 9.88 Å². The van der Waals surface area contributed by atoms with Crippen LogP contribution < -0.4 is 5.32 Å². The van der Waals surface area contributed by atoms with E-state index in [-0.39, 0.29) is 0 Å². The Morgan fingerprint density at radius 1 is 1.25 bits per heavy atom. The van der Waals surface area contributed by atoms with Crippen molar-refractivity contribution in [2.45, 2.75) is 33.9 Å². The summed E-state index contributed by atoms with van der Waals surface area (Å²) >= 11 is 6.28. The molecule has 108 valence electrons. The van der Waals surface area contributed by atoms with E-state index in [1.54, 1.807) is 0 Å². The van der Waals surface area contributed by atoms with Crippen molar-refractivity contribution in [3.63, 3.8) is 0 Å². The molecule has 0 fully saturated rings. The summed E-state index contributed by atoms with van der Waals surface area (Å²) < 4.78 is 2.18. The van der Waals surface area contributed by atoms with E-state index in [1.807, 2.05) is 6.07 Å². The second-order valence-electron chi connectivity index (χ2n) is 5.81. The number of halogens is 1. The number of rotatable bonds is 6. The van der Waals surface area contributed by atoms with Crippen LogP contribution in [0.25, 0.3) is 0 Å². The molecule has 2 nitrogen and oxygen atoms in total. The quantitative estimate of drug-likeness (QED) is 0.842. The highest BCUT2D eigenvalue weighted by Gasteiger charge is 2.03. The topological polar surface area (TPSA) is 17.0 Å². The van der Waals surface area contributed by atoms with Gasteiger partial charge in [0.25, 0.3) is 0 Å². The summed E-state index contributed by atoms with van der Waals surface area (Å²) in [7, 11) is 0. The molecule has 1 aromatic heterocycles. The van der Waals surface area contributed by atoms with Gasteiger partial charge in [-0.1, -0.05) is 37.6 Å². The van der Waals surface area contributed by atoms with Crippen molar-refractivity contribution in [2.75, 3.05) is 6.54 Å². The van der Waals surface area contributed by atoms with Crippen molar-refractivity contribution >= 4 is 11.6 Å². The first-order valence-electron chi connectivity index (χ1n) is 7.15. The molecule has 1 heterocycles. The maximum atomic E-state index is 6.28. The molecule has 0 saturated heterocycles. The number of hydrogen-bond donors (Lipinski definition) is 1. The fraction of sp³-hybridized carbons (Fsp3) is 0.412. The van der Waals surface area contributed by atoms with Crippen LogP contribution in [0.5, 0.6) is 0 Å². The van der Waals surface area contributed by atoms with E-state index < -0.39 is 0 Å². The smallest absolute Gasteiger partial charge is 0.0485 e. The molecule has 0 aliphatic carbocycles. The summed E-state index contributed by atoms with van der Waals surface area (Å²) in [6, 6.07) is 8.39. The second kappa shape index (κ2) is 6.96. The van der Waals surface area contributed by atoms with Gasteiger partial charge in [0.05, 0.1) is 0 Å². The van der Waals surface area contributed by atoms with Gasteiger partial charge < -0.3 is 9.88 Å². The van der Waals surface area contributed by atoms with Crippen molar-refractivity contribution in [3.05, 3.63) is 58.4 Å². The van der Waals surface area contributed by atoms with Crippen LogP contribution in [-0.4, -0.2) is 11.1 Å². The molecular formula is C17H23ClN2. The van der Waals surface area contributed by atoms with Crippen LogP contribution in [-0.2, 0) is 13.1 Å². The molecule has 2 rings (SSSR count). The molecule has 1 N–H and O–H groups in total. The number of benzene rings is 1. The highest BCUT2D eigenvalue weighted by molar-refractivity contribution is 6.31. The van der Waals surface area contributed by atoms with Gasteiger partial charge in [-0.2, -0.15) is 0 Å². The summed E-state index contributed by atoms with van der Waals surface area (Å²) in [6.45, 7) is 9.30. The Labute approximate surface area is 126 Å². The predicted octanol–water partition coefficient (Wildman–Crippen LogP) is 4.24. The minimum atomic E-state index is 0.684. The van der Waals surface area contributed by atoms with Gasteiger partial charge in [0.15, 0.2) is 0 Å². The number of nitrogens with one attached hydrogen (secondary N) is 1. The zero-order chi connectivity index (χ0) is 14.5. The van der Waals surface area contributed by atoms with E-state index in [2.05, 4.69) is 61.2 Å². The first kappa shape index (κ1) is 15.1. The number of hydrogen-bond acceptors (Lipinski definition) is 1. The Balaban J connectivity index is 1.95. The third kappa shape index (κ3) is 4.39. The van der Waals surface area contributed by atoms with E-state index in [0.29, 0.717) is 5.92 Å². The van der Waals surface area contributed by atoms with Crippen molar-refractivity contribution in [1.29, 1.82) is 0 Å². The van der Waals surface area contributed by atoms with Crippen LogP contribution >= 0.6 is 11.6 Å². The minimum absolute atomic E-state index is 0.684. The van der Waals surface area contributed by atoms with Gasteiger partial charge in [-0.15, -0.1) is 0 Å². The van der Waals surface area contributed by atoms with E-state index in [4.69, 9.17) is 11.6 Å². The highest BCUT2D eigenvalue weighted by atomic mass is 35.5. The van der Waals surface area contributed by atoms with Crippen molar-refractivity contribution in [2.24, 2.45) is 5.92 Å².